The summed E-state index contributed by atoms with van der Waals surface area (Å²) in [4.78, 5) is 11.0. The van der Waals surface area contributed by atoms with Gasteiger partial charge in [-0.1, -0.05) is 0 Å². The molecule has 0 radical (unpaired) electrons. The second-order valence-electron chi connectivity index (χ2n) is 3.02. The van der Waals surface area contributed by atoms with Crippen LogP contribution < -0.4 is 0 Å². The number of carboxylic acid groups (broad SMARTS) is 1. The van der Waals surface area contributed by atoms with Gasteiger partial charge in [-0.15, -0.1) is 0 Å². The number of hydrogen-bond donors (Lipinski definition) is 1. The molecule has 12 heavy (non-hydrogen) atoms. The first kappa shape index (κ1) is 9.86. The smallest absolute Gasteiger partial charge is 0.337 e. The van der Waals surface area contributed by atoms with Gasteiger partial charge in [0, 0.05) is 12.4 Å². The third kappa shape index (κ3) is 1.45. The molecular formula is C8H14O3S. The molecule has 2 atom stereocenters. The van der Waals surface area contributed by atoms with E-state index in [1.54, 1.807) is 11.8 Å². The number of rotatable bonds is 2. The van der Waals surface area contributed by atoms with E-state index in [9.17, 15) is 4.79 Å². The van der Waals surface area contributed by atoms with Gasteiger partial charge < -0.3 is 9.84 Å². The molecule has 4 heteroatoms. The first-order chi connectivity index (χ1) is 5.63. The lowest BCUT2D eigenvalue weighted by molar-refractivity contribution is -0.163. The van der Waals surface area contributed by atoms with E-state index in [0.717, 1.165) is 12.2 Å². The zero-order valence-corrected chi connectivity index (χ0v) is 8.19. The first-order valence-electron chi connectivity index (χ1n) is 4.03. The Balaban J connectivity index is 2.81. The van der Waals surface area contributed by atoms with Crippen LogP contribution in [0, 0.1) is 0 Å². The summed E-state index contributed by atoms with van der Waals surface area (Å²) in [5.74, 6) is 0.212. The van der Waals surface area contributed by atoms with Crippen LogP contribution in [0.25, 0.3) is 0 Å². The molecule has 2 unspecified atom stereocenters. The molecule has 0 aromatic carbocycles. The van der Waals surface area contributed by atoms with Crippen LogP contribution in [0.1, 0.15) is 19.8 Å². The highest BCUT2D eigenvalue weighted by atomic mass is 32.2. The molecule has 0 saturated carbocycles. The van der Waals surface area contributed by atoms with Gasteiger partial charge in [-0.2, -0.15) is 11.8 Å². The van der Waals surface area contributed by atoms with Gasteiger partial charge in [-0.05, 0) is 25.5 Å². The highest BCUT2D eigenvalue weighted by molar-refractivity contribution is 8.00. The van der Waals surface area contributed by atoms with Crippen molar-refractivity contribution in [2.75, 3.05) is 12.9 Å². The predicted octanol–water partition coefficient (Wildman–Crippen LogP) is 1.37. The van der Waals surface area contributed by atoms with Crippen molar-refractivity contribution >= 4 is 17.7 Å². The number of hydrogen-bond acceptors (Lipinski definition) is 3. The molecule has 1 heterocycles. The maximum atomic E-state index is 11.0. The van der Waals surface area contributed by atoms with Gasteiger partial charge in [0.15, 0.2) is 5.60 Å². The molecule has 0 aliphatic carbocycles. The average molecular weight is 190 g/mol. The molecule has 0 amide bonds. The summed E-state index contributed by atoms with van der Waals surface area (Å²) in [6.45, 7) is 1.92. The number of carbonyl (C=O) groups is 1. The number of methoxy groups -OCH3 is 1. The molecule has 0 aromatic rings. The summed E-state index contributed by atoms with van der Waals surface area (Å²) < 4.78 is 5.13. The minimum Gasteiger partial charge on any atom is -0.479 e. The van der Waals surface area contributed by atoms with Crippen molar-refractivity contribution in [1.29, 1.82) is 0 Å². The van der Waals surface area contributed by atoms with Gasteiger partial charge in [0.05, 0.1) is 0 Å². The maximum Gasteiger partial charge on any atom is 0.337 e. The zero-order chi connectivity index (χ0) is 9.19. The number of carboxylic acids is 1. The minimum atomic E-state index is -0.942. The lowest BCUT2D eigenvalue weighted by Gasteiger charge is -2.36. The second-order valence-corrected chi connectivity index (χ2v) is 4.46. The summed E-state index contributed by atoms with van der Waals surface area (Å²) in [5.41, 5.74) is -0.942. The maximum absolute atomic E-state index is 11.0. The van der Waals surface area contributed by atoms with E-state index in [0.29, 0.717) is 6.42 Å². The lowest BCUT2D eigenvalue weighted by Crippen LogP contribution is -2.50. The molecule has 1 aliphatic rings. The Morgan fingerprint density at radius 2 is 2.42 bits per heavy atom. The Kier molecular flexibility index (Phi) is 3.01. The van der Waals surface area contributed by atoms with Crippen molar-refractivity contribution in [3.05, 3.63) is 0 Å². The standard InChI is InChI=1S/C8H14O3S/c1-6-8(11-2,7(9)10)4-3-5-12-6/h6H,3-5H2,1-2H3,(H,9,10). The van der Waals surface area contributed by atoms with Crippen molar-refractivity contribution < 1.29 is 14.6 Å². The Bertz CT molecular complexity index is 183. The Morgan fingerprint density at radius 1 is 1.75 bits per heavy atom. The van der Waals surface area contributed by atoms with E-state index in [1.165, 1.54) is 7.11 Å². The molecule has 70 valence electrons. The van der Waals surface area contributed by atoms with Crippen molar-refractivity contribution in [2.24, 2.45) is 0 Å². The van der Waals surface area contributed by atoms with Crippen LogP contribution in [0.4, 0.5) is 0 Å². The molecule has 1 N–H and O–H groups in total. The molecule has 3 nitrogen and oxygen atoms in total. The Hall–Kier alpha value is -0.220. The molecule has 1 saturated heterocycles. The van der Waals surface area contributed by atoms with Gasteiger partial charge in [0.1, 0.15) is 0 Å². The quantitative estimate of drug-likeness (QED) is 0.714. The first-order valence-corrected chi connectivity index (χ1v) is 5.08. The molecule has 0 spiro atoms. The van der Waals surface area contributed by atoms with Crippen LogP contribution in [0.5, 0.6) is 0 Å². The van der Waals surface area contributed by atoms with E-state index in [4.69, 9.17) is 9.84 Å². The Morgan fingerprint density at radius 3 is 2.75 bits per heavy atom. The molecule has 0 bridgehead atoms. The van der Waals surface area contributed by atoms with Crippen molar-refractivity contribution in [3.8, 4) is 0 Å². The van der Waals surface area contributed by atoms with E-state index >= 15 is 0 Å². The van der Waals surface area contributed by atoms with Crippen molar-refractivity contribution in [1.82, 2.24) is 0 Å². The largest absolute Gasteiger partial charge is 0.479 e. The fourth-order valence-electron chi connectivity index (χ4n) is 1.57. The number of ether oxygens (including phenoxy) is 1. The average Bonchev–Trinajstić information content (AvgIpc) is 2.05. The van der Waals surface area contributed by atoms with Gasteiger partial charge in [0.25, 0.3) is 0 Å². The van der Waals surface area contributed by atoms with E-state index in [1.807, 2.05) is 6.92 Å². The lowest BCUT2D eigenvalue weighted by atomic mass is 9.94. The highest BCUT2D eigenvalue weighted by Crippen LogP contribution is 2.36. The van der Waals surface area contributed by atoms with Crippen LogP contribution >= 0.6 is 11.8 Å². The van der Waals surface area contributed by atoms with Crippen LogP contribution in [-0.2, 0) is 9.53 Å². The van der Waals surface area contributed by atoms with Gasteiger partial charge in [0.2, 0.25) is 0 Å². The van der Waals surface area contributed by atoms with Crippen molar-refractivity contribution in [3.63, 3.8) is 0 Å². The number of thioether (sulfide) groups is 1. The van der Waals surface area contributed by atoms with Gasteiger partial charge in [-0.25, -0.2) is 4.79 Å². The van der Waals surface area contributed by atoms with Crippen LogP contribution in [-0.4, -0.2) is 34.8 Å². The summed E-state index contributed by atoms with van der Waals surface area (Å²) in [5, 5.41) is 9.07. The normalized spacial score (nSPS) is 36.3. The molecule has 1 fully saturated rings. The Labute approximate surface area is 76.5 Å². The van der Waals surface area contributed by atoms with E-state index in [-0.39, 0.29) is 5.25 Å². The van der Waals surface area contributed by atoms with E-state index in [2.05, 4.69) is 0 Å². The zero-order valence-electron chi connectivity index (χ0n) is 7.37. The van der Waals surface area contributed by atoms with Gasteiger partial charge >= 0.3 is 5.97 Å². The summed E-state index contributed by atoms with van der Waals surface area (Å²) in [7, 11) is 1.48. The molecular weight excluding hydrogens is 176 g/mol. The van der Waals surface area contributed by atoms with Crippen LogP contribution in [0.15, 0.2) is 0 Å². The summed E-state index contributed by atoms with van der Waals surface area (Å²) >= 11 is 1.67. The third-order valence-corrected chi connectivity index (χ3v) is 3.85. The minimum absolute atomic E-state index is 0.0498. The monoisotopic (exact) mass is 190 g/mol. The van der Waals surface area contributed by atoms with E-state index < -0.39 is 11.6 Å². The van der Waals surface area contributed by atoms with Crippen molar-refractivity contribution in [2.45, 2.75) is 30.6 Å². The molecule has 0 aromatic heterocycles. The summed E-state index contributed by atoms with van der Waals surface area (Å²) in [6, 6.07) is 0. The molecule has 1 rings (SSSR count). The highest BCUT2D eigenvalue weighted by Gasteiger charge is 2.45. The SMILES string of the molecule is COC1(C(=O)O)CCCSC1C. The topological polar surface area (TPSA) is 46.5 Å². The van der Waals surface area contributed by atoms with Gasteiger partial charge in [-0.3, -0.25) is 0 Å². The van der Waals surface area contributed by atoms with Crippen LogP contribution in [0.3, 0.4) is 0 Å². The fraction of sp³-hybridized carbons (Fsp3) is 0.875. The third-order valence-electron chi connectivity index (χ3n) is 2.44. The van der Waals surface area contributed by atoms with Crippen LogP contribution in [0.2, 0.25) is 0 Å². The number of aliphatic carboxylic acids is 1. The summed E-state index contributed by atoms with van der Waals surface area (Å²) in [6.07, 6.45) is 1.56. The predicted molar refractivity (Wildman–Crippen MR) is 48.5 cm³/mol. The molecule has 1 aliphatic heterocycles. The second kappa shape index (κ2) is 3.66. The fourth-order valence-corrected chi connectivity index (χ4v) is 2.82.